The minimum atomic E-state index is -3.18. The smallest absolute Gasteiger partial charge is 0.212 e. The van der Waals surface area contributed by atoms with Crippen LogP contribution >= 0.6 is 0 Å². The van der Waals surface area contributed by atoms with Crippen LogP contribution in [0.25, 0.3) is 0 Å². The van der Waals surface area contributed by atoms with Crippen LogP contribution in [-0.4, -0.2) is 34.4 Å². The molecule has 0 amide bonds. The van der Waals surface area contributed by atoms with E-state index in [4.69, 9.17) is 10.00 Å². The van der Waals surface area contributed by atoms with Gasteiger partial charge in [0.05, 0.1) is 5.75 Å². The number of hydrogen-bond donors (Lipinski definition) is 2. The maximum atomic E-state index is 11.3. The number of rotatable bonds is 8. The van der Waals surface area contributed by atoms with Crippen molar-refractivity contribution in [1.29, 1.82) is 5.26 Å². The van der Waals surface area contributed by atoms with Crippen LogP contribution < -0.4 is 14.8 Å². The molecule has 0 heterocycles. The second-order valence-electron chi connectivity index (χ2n) is 4.21. The third-order valence-electron chi connectivity index (χ3n) is 2.82. The van der Waals surface area contributed by atoms with Crippen LogP contribution in [0.5, 0.6) is 5.75 Å². The molecule has 7 heteroatoms. The Balaban J connectivity index is 2.47. The van der Waals surface area contributed by atoms with Crippen molar-refractivity contribution in [3.8, 4) is 11.8 Å². The van der Waals surface area contributed by atoms with Crippen molar-refractivity contribution in [2.75, 3.05) is 26.0 Å². The SMILES string of the molecule is CNS(=O)(=O)CCNC(C)c1ccc(OCC#N)cc1. The van der Waals surface area contributed by atoms with E-state index in [1.165, 1.54) is 7.05 Å². The van der Waals surface area contributed by atoms with Crippen molar-refractivity contribution in [2.24, 2.45) is 0 Å². The molecule has 0 spiro atoms. The van der Waals surface area contributed by atoms with Gasteiger partial charge >= 0.3 is 0 Å². The van der Waals surface area contributed by atoms with E-state index in [2.05, 4.69) is 10.0 Å². The molecule has 0 aliphatic rings. The third kappa shape index (κ3) is 5.57. The summed E-state index contributed by atoms with van der Waals surface area (Å²) in [4.78, 5) is 0. The average molecular weight is 297 g/mol. The standard InChI is InChI=1S/C13H19N3O3S/c1-11(16-8-10-20(17,18)15-2)12-3-5-13(6-4-12)19-9-7-14/h3-6,11,15-16H,8-10H2,1-2H3. The zero-order valence-electron chi connectivity index (χ0n) is 11.6. The van der Waals surface area contributed by atoms with E-state index in [1.54, 1.807) is 12.1 Å². The van der Waals surface area contributed by atoms with Gasteiger partial charge in [-0.2, -0.15) is 5.26 Å². The van der Waals surface area contributed by atoms with Gasteiger partial charge < -0.3 is 10.1 Å². The van der Waals surface area contributed by atoms with Crippen LogP contribution in [-0.2, 0) is 10.0 Å². The Bertz CT molecular complexity index is 549. The van der Waals surface area contributed by atoms with E-state index in [9.17, 15) is 8.42 Å². The fraction of sp³-hybridized carbons (Fsp3) is 0.462. The fourth-order valence-corrected chi connectivity index (χ4v) is 2.19. The van der Waals surface area contributed by atoms with Gasteiger partial charge in [-0.1, -0.05) is 12.1 Å². The Kier molecular flexibility index (Phi) is 6.45. The summed E-state index contributed by atoms with van der Waals surface area (Å²) in [5, 5.41) is 11.6. The number of benzene rings is 1. The molecular formula is C13H19N3O3S. The van der Waals surface area contributed by atoms with E-state index >= 15 is 0 Å². The highest BCUT2D eigenvalue weighted by Crippen LogP contribution is 2.17. The van der Waals surface area contributed by atoms with Gasteiger partial charge in [0, 0.05) is 12.6 Å². The van der Waals surface area contributed by atoms with Gasteiger partial charge in [-0.25, -0.2) is 13.1 Å². The van der Waals surface area contributed by atoms with Crippen molar-refractivity contribution in [2.45, 2.75) is 13.0 Å². The Morgan fingerprint density at radius 3 is 2.55 bits per heavy atom. The first kappa shape index (κ1) is 16.4. The first-order valence-electron chi connectivity index (χ1n) is 6.23. The van der Waals surface area contributed by atoms with Crippen LogP contribution in [0.4, 0.5) is 0 Å². The van der Waals surface area contributed by atoms with E-state index < -0.39 is 10.0 Å². The lowest BCUT2D eigenvalue weighted by Crippen LogP contribution is -2.30. The number of sulfonamides is 1. The van der Waals surface area contributed by atoms with Gasteiger partial charge in [0.25, 0.3) is 0 Å². The Hall–Kier alpha value is -1.62. The van der Waals surface area contributed by atoms with E-state index in [0.29, 0.717) is 12.3 Å². The molecule has 1 aromatic carbocycles. The topological polar surface area (TPSA) is 91.2 Å². The number of nitrogens with one attached hydrogen (secondary N) is 2. The van der Waals surface area contributed by atoms with Crippen molar-refractivity contribution in [1.82, 2.24) is 10.0 Å². The highest BCUT2D eigenvalue weighted by atomic mass is 32.2. The largest absolute Gasteiger partial charge is 0.479 e. The third-order valence-corrected chi connectivity index (χ3v) is 4.18. The van der Waals surface area contributed by atoms with Crippen molar-refractivity contribution in [3.05, 3.63) is 29.8 Å². The molecule has 0 saturated heterocycles. The van der Waals surface area contributed by atoms with Gasteiger partial charge in [0.15, 0.2) is 6.61 Å². The predicted molar refractivity (Wildman–Crippen MR) is 76.8 cm³/mol. The fourth-order valence-electron chi connectivity index (χ4n) is 1.60. The summed E-state index contributed by atoms with van der Waals surface area (Å²) < 4.78 is 30.0. The molecule has 0 aliphatic heterocycles. The predicted octanol–water partition coefficient (Wildman–Crippen LogP) is 0.789. The number of nitrogens with zero attached hydrogens (tertiary/aromatic N) is 1. The second kappa shape index (κ2) is 7.85. The van der Waals surface area contributed by atoms with Crippen molar-refractivity contribution < 1.29 is 13.2 Å². The number of hydrogen-bond acceptors (Lipinski definition) is 5. The molecule has 1 aromatic rings. The lowest BCUT2D eigenvalue weighted by atomic mass is 10.1. The number of ether oxygens (including phenoxy) is 1. The zero-order valence-corrected chi connectivity index (χ0v) is 12.4. The first-order chi connectivity index (χ1) is 9.48. The van der Waals surface area contributed by atoms with Crippen LogP contribution in [0, 0.1) is 11.3 Å². The molecule has 1 rings (SSSR count). The molecule has 0 bridgehead atoms. The van der Waals surface area contributed by atoms with Crippen molar-refractivity contribution >= 4 is 10.0 Å². The molecular weight excluding hydrogens is 278 g/mol. The highest BCUT2D eigenvalue weighted by molar-refractivity contribution is 7.89. The normalized spacial score (nSPS) is 12.7. The molecule has 0 saturated carbocycles. The highest BCUT2D eigenvalue weighted by Gasteiger charge is 2.09. The zero-order chi connectivity index (χ0) is 15.0. The monoisotopic (exact) mass is 297 g/mol. The maximum Gasteiger partial charge on any atom is 0.212 e. The lowest BCUT2D eigenvalue weighted by Gasteiger charge is -2.14. The minimum absolute atomic E-state index is 0.0228. The van der Waals surface area contributed by atoms with E-state index in [1.807, 2.05) is 25.1 Å². The number of nitriles is 1. The quantitative estimate of drug-likeness (QED) is 0.740. The van der Waals surface area contributed by atoms with Crippen LogP contribution in [0.3, 0.4) is 0 Å². The van der Waals surface area contributed by atoms with Gasteiger partial charge in [-0.15, -0.1) is 0 Å². The second-order valence-corrected chi connectivity index (χ2v) is 6.26. The molecule has 0 aromatic heterocycles. The minimum Gasteiger partial charge on any atom is -0.479 e. The molecule has 20 heavy (non-hydrogen) atoms. The van der Waals surface area contributed by atoms with Crippen molar-refractivity contribution in [3.63, 3.8) is 0 Å². The molecule has 110 valence electrons. The maximum absolute atomic E-state index is 11.3. The summed E-state index contributed by atoms with van der Waals surface area (Å²) in [5.41, 5.74) is 1.02. The van der Waals surface area contributed by atoms with Crippen LogP contribution in [0.1, 0.15) is 18.5 Å². The van der Waals surface area contributed by atoms with Crippen LogP contribution in [0.15, 0.2) is 24.3 Å². The van der Waals surface area contributed by atoms with Gasteiger partial charge in [0.1, 0.15) is 11.8 Å². The van der Waals surface area contributed by atoms with Crippen LogP contribution in [0.2, 0.25) is 0 Å². The molecule has 1 atom stereocenters. The average Bonchev–Trinajstić information content (AvgIpc) is 2.45. The summed E-state index contributed by atoms with van der Waals surface area (Å²) in [5.74, 6) is 0.678. The Labute approximate surface area is 119 Å². The molecule has 0 fully saturated rings. The summed E-state index contributed by atoms with van der Waals surface area (Å²) in [6.45, 7) is 2.35. The summed E-state index contributed by atoms with van der Waals surface area (Å²) >= 11 is 0. The van der Waals surface area contributed by atoms with Gasteiger partial charge in [-0.3, -0.25) is 0 Å². The molecule has 6 nitrogen and oxygen atoms in total. The van der Waals surface area contributed by atoms with E-state index in [0.717, 1.165) is 5.56 Å². The summed E-state index contributed by atoms with van der Waals surface area (Å²) in [6.07, 6.45) is 0. The Morgan fingerprint density at radius 2 is 2.00 bits per heavy atom. The van der Waals surface area contributed by atoms with E-state index in [-0.39, 0.29) is 18.4 Å². The van der Waals surface area contributed by atoms with Gasteiger partial charge in [-0.05, 0) is 31.7 Å². The first-order valence-corrected chi connectivity index (χ1v) is 7.88. The Morgan fingerprint density at radius 1 is 1.35 bits per heavy atom. The summed E-state index contributed by atoms with van der Waals surface area (Å²) in [6, 6.07) is 9.28. The molecule has 2 N–H and O–H groups in total. The molecule has 0 aliphatic carbocycles. The lowest BCUT2D eigenvalue weighted by molar-refractivity contribution is 0.368. The summed E-state index contributed by atoms with van der Waals surface area (Å²) in [7, 11) is -1.78. The molecule has 1 unspecified atom stereocenters. The van der Waals surface area contributed by atoms with Gasteiger partial charge in [0.2, 0.25) is 10.0 Å². The molecule has 0 radical (unpaired) electrons.